The Bertz CT molecular complexity index is 1150. The second kappa shape index (κ2) is 12.6. The molecule has 3 aromatic rings. The smallest absolute Gasteiger partial charge is 0.480 e. The molecule has 0 spiro atoms. The van der Waals surface area contributed by atoms with Crippen molar-refractivity contribution in [3.05, 3.63) is 71.9 Å². The molecule has 1 aromatic heterocycles. The molecule has 0 fully saturated rings. The van der Waals surface area contributed by atoms with Gasteiger partial charge in [-0.25, -0.2) is 4.79 Å². The summed E-state index contributed by atoms with van der Waals surface area (Å²) in [5.74, 6) is -1.70. The number of carboxylic acids is 1. The minimum atomic E-state index is -2.64. The summed E-state index contributed by atoms with van der Waals surface area (Å²) in [6, 6.07) is 14.6. The van der Waals surface area contributed by atoms with E-state index >= 15 is 0 Å². The van der Waals surface area contributed by atoms with Crippen molar-refractivity contribution in [2.75, 3.05) is 6.29 Å². The largest absolute Gasteiger partial charge is 0.523 e. The molecule has 0 saturated carbocycles. The highest BCUT2D eigenvalue weighted by atomic mass is 31.1. The van der Waals surface area contributed by atoms with Crippen LogP contribution in [-0.2, 0) is 32.0 Å². The fourth-order valence-electron chi connectivity index (χ4n) is 3.87. The van der Waals surface area contributed by atoms with Crippen LogP contribution >= 0.6 is 8.03 Å². The van der Waals surface area contributed by atoms with Crippen LogP contribution in [-0.4, -0.2) is 50.3 Å². The van der Waals surface area contributed by atoms with Crippen LogP contribution in [0.5, 0.6) is 0 Å². The molecule has 3 rings (SSSR count). The lowest BCUT2D eigenvalue weighted by Crippen LogP contribution is -2.52. The zero-order chi connectivity index (χ0) is 25.4. The lowest BCUT2D eigenvalue weighted by atomic mass is 10.0. The number of hydrogen-bond acceptors (Lipinski definition) is 5. The number of carboxylic acid groups (broad SMARTS) is 1. The molecule has 1 unspecified atom stereocenters. The third-order valence-electron chi connectivity index (χ3n) is 5.56. The van der Waals surface area contributed by atoms with Crippen LogP contribution in [0.4, 0.5) is 0 Å². The number of hydroxylamine groups is 2. The van der Waals surface area contributed by atoms with Gasteiger partial charge in [0.15, 0.2) is 0 Å². The fourth-order valence-corrected chi connectivity index (χ4v) is 4.39. The number of rotatable bonds is 13. The van der Waals surface area contributed by atoms with Crippen molar-refractivity contribution < 1.29 is 29.0 Å². The number of carbonyl (C=O) groups is 2. The second-order valence-corrected chi connectivity index (χ2v) is 9.77. The van der Waals surface area contributed by atoms with E-state index in [1.807, 2.05) is 68.4 Å². The number of aromatic amines is 1. The number of para-hydroxylation sites is 1. The van der Waals surface area contributed by atoms with Gasteiger partial charge in [-0.2, -0.15) is 4.89 Å². The van der Waals surface area contributed by atoms with Crippen molar-refractivity contribution in [2.24, 2.45) is 5.92 Å². The van der Waals surface area contributed by atoms with Crippen LogP contribution in [0.1, 0.15) is 31.4 Å². The first-order chi connectivity index (χ1) is 16.7. The van der Waals surface area contributed by atoms with Gasteiger partial charge in [-0.05, 0) is 34.1 Å². The number of nitrogens with zero attached hydrogens (tertiary/aromatic N) is 1. The van der Waals surface area contributed by atoms with Crippen LogP contribution in [0, 0.1) is 5.92 Å². The number of H-pyrrole nitrogens is 1. The number of nitrogens with one attached hydrogen (secondary N) is 2. The van der Waals surface area contributed by atoms with Crippen molar-refractivity contribution in [3.63, 3.8) is 0 Å². The predicted molar refractivity (Wildman–Crippen MR) is 133 cm³/mol. The van der Waals surface area contributed by atoms with Gasteiger partial charge in [0, 0.05) is 23.5 Å². The molecule has 186 valence electrons. The minimum Gasteiger partial charge on any atom is -0.480 e. The molecule has 0 saturated heterocycles. The Hall–Kier alpha value is -3.10. The van der Waals surface area contributed by atoms with Crippen LogP contribution in [0.3, 0.4) is 0 Å². The number of aromatic nitrogens is 1. The summed E-state index contributed by atoms with van der Waals surface area (Å²) < 4.78 is 11.7. The lowest BCUT2D eigenvalue weighted by Gasteiger charge is -2.28. The SMILES string of the molecule is CC(C)C[C@@H](C(=O)N[C@@H](Cc1c[nH]c2ccccc12)C(=O)O)N(C[P+](=O)O)OCc1ccccc1. The first-order valence-electron chi connectivity index (χ1n) is 11.4. The summed E-state index contributed by atoms with van der Waals surface area (Å²) in [5, 5.41) is 14.5. The van der Waals surface area contributed by atoms with Crippen molar-refractivity contribution in [1.82, 2.24) is 15.4 Å². The fraction of sp³-hybridized carbons (Fsp3) is 0.360. The molecular weight excluding hydrogens is 469 g/mol. The third-order valence-corrected chi connectivity index (χ3v) is 6.08. The Balaban J connectivity index is 1.79. The van der Waals surface area contributed by atoms with Gasteiger partial charge in [0.2, 0.25) is 5.91 Å². The molecule has 0 aliphatic carbocycles. The molecule has 35 heavy (non-hydrogen) atoms. The van der Waals surface area contributed by atoms with Crippen LogP contribution in [0.25, 0.3) is 10.9 Å². The Morgan fingerprint density at radius 2 is 1.80 bits per heavy atom. The summed E-state index contributed by atoms with van der Waals surface area (Å²) in [7, 11) is -2.64. The molecule has 10 heteroatoms. The Morgan fingerprint density at radius 3 is 2.46 bits per heavy atom. The first-order valence-corrected chi connectivity index (χ1v) is 12.8. The van der Waals surface area contributed by atoms with Gasteiger partial charge < -0.3 is 15.4 Å². The van der Waals surface area contributed by atoms with Crippen molar-refractivity contribution in [2.45, 2.75) is 45.4 Å². The van der Waals surface area contributed by atoms with Crippen LogP contribution in [0.15, 0.2) is 60.8 Å². The van der Waals surface area contributed by atoms with Crippen molar-refractivity contribution >= 4 is 30.8 Å². The number of hydrogen-bond donors (Lipinski definition) is 4. The quantitative estimate of drug-likeness (QED) is 0.207. The highest BCUT2D eigenvalue weighted by Crippen LogP contribution is 2.23. The van der Waals surface area contributed by atoms with Crippen molar-refractivity contribution in [3.8, 4) is 0 Å². The molecule has 2 aromatic carbocycles. The normalized spacial score (nSPS) is 13.7. The van der Waals surface area contributed by atoms with Gasteiger partial charge in [-0.1, -0.05) is 62.4 Å². The summed E-state index contributed by atoms with van der Waals surface area (Å²) >= 11 is 0. The molecule has 0 aliphatic heterocycles. The van der Waals surface area contributed by atoms with Crippen LogP contribution in [0.2, 0.25) is 0 Å². The maximum Gasteiger partial charge on any atom is 0.523 e. The predicted octanol–water partition coefficient (Wildman–Crippen LogP) is 3.82. The molecule has 0 aliphatic rings. The van der Waals surface area contributed by atoms with Gasteiger partial charge in [0.05, 0.1) is 6.61 Å². The lowest BCUT2D eigenvalue weighted by molar-refractivity contribution is -0.192. The molecular formula is C25H31N3O6P+. The third kappa shape index (κ3) is 7.70. The van der Waals surface area contributed by atoms with Gasteiger partial charge in [-0.3, -0.25) is 9.63 Å². The molecule has 1 heterocycles. The Labute approximate surface area is 204 Å². The summed E-state index contributed by atoms with van der Waals surface area (Å²) in [6.07, 6.45) is 1.75. The van der Waals surface area contributed by atoms with Gasteiger partial charge >= 0.3 is 14.0 Å². The molecule has 4 N–H and O–H groups in total. The maximum atomic E-state index is 13.3. The highest BCUT2D eigenvalue weighted by molar-refractivity contribution is 7.37. The van der Waals surface area contributed by atoms with E-state index in [2.05, 4.69) is 10.3 Å². The molecule has 0 radical (unpaired) electrons. The van der Waals surface area contributed by atoms with E-state index in [0.717, 1.165) is 22.0 Å². The standard InChI is InChI=1S/C25H30N3O6P/c1-17(2)12-23(28(16-35(32)33)34-15-18-8-4-3-5-9-18)24(29)27-22(25(30)31)13-19-14-26-21-11-7-6-10-20(19)21/h3-11,14,17,22-23,26H,12-13,15-16H2,1-2H3,(H2-,27,29,30,31,32,33)/p+1/t22-,23-/m0/s1. The maximum absolute atomic E-state index is 13.3. The van der Waals surface area contributed by atoms with E-state index in [1.54, 1.807) is 6.20 Å². The zero-order valence-corrected chi connectivity index (χ0v) is 20.7. The summed E-state index contributed by atoms with van der Waals surface area (Å²) in [5.41, 5.74) is 2.48. The van der Waals surface area contributed by atoms with Gasteiger partial charge in [-0.15, -0.1) is 5.06 Å². The van der Waals surface area contributed by atoms with Gasteiger partial charge in [0.25, 0.3) is 6.29 Å². The summed E-state index contributed by atoms with van der Waals surface area (Å²) in [4.78, 5) is 43.9. The number of benzene rings is 2. The first kappa shape index (κ1) is 26.5. The monoisotopic (exact) mass is 500 g/mol. The number of fused-ring (bicyclic) bond motifs is 1. The topological polar surface area (TPSA) is 132 Å². The van der Waals surface area contributed by atoms with E-state index in [9.17, 15) is 24.2 Å². The van der Waals surface area contributed by atoms with Crippen molar-refractivity contribution in [1.29, 1.82) is 0 Å². The van der Waals surface area contributed by atoms with E-state index in [4.69, 9.17) is 4.84 Å². The van der Waals surface area contributed by atoms with E-state index in [-0.39, 0.29) is 25.2 Å². The average Bonchev–Trinajstić information content (AvgIpc) is 3.23. The molecule has 3 atom stereocenters. The Morgan fingerprint density at radius 1 is 1.11 bits per heavy atom. The molecule has 9 nitrogen and oxygen atoms in total. The number of amides is 1. The van der Waals surface area contributed by atoms with Gasteiger partial charge in [0.1, 0.15) is 12.1 Å². The van der Waals surface area contributed by atoms with Crippen LogP contribution < -0.4 is 5.32 Å². The number of aliphatic carboxylic acids is 1. The second-order valence-electron chi connectivity index (χ2n) is 8.78. The number of carbonyl (C=O) groups excluding carboxylic acids is 1. The molecule has 0 bridgehead atoms. The van der Waals surface area contributed by atoms with E-state index < -0.39 is 32.0 Å². The highest BCUT2D eigenvalue weighted by Gasteiger charge is 2.35. The summed E-state index contributed by atoms with van der Waals surface area (Å²) in [6.45, 7) is 3.92. The Kier molecular flexibility index (Phi) is 9.51. The van der Waals surface area contributed by atoms with E-state index in [0.29, 0.717) is 6.42 Å². The average molecular weight is 501 g/mol. The van der Waals surface area contributed by atoms with E-state index in [1.165, 1.54) is 5.06 Å². The minimum absolute atomic E-state index is 0.0436. The zero-order valence-electron chi connectivity index (χ0n) is 19.8. The molecule has 1 amide bonds.